The van der Waals surface area contributed by atoms with E-state index in [9.17, 15) is 4.79 Å². The predicted octanol–water partition coefficient (Wildman–Crippen LogP) is 2.38. The summed E-state index contributed by atoms with van der Waals surface area (Å²) in [6.45, 7) is 6.32. The lowest BCUT2D eigenvalue weighted by Crippen LogP contribution is -2.27. The molecule has 0 unspecified atom stereocenters. The lowest BCUT2D eigenvalue weighted by atomic mass is 9.82. The van der Waals surface area contributed by atoms with E-state index in [0.29, 0.717) is 16.9 Å². The Balaban J connectivity index is 2.22. The first-order valence-electron chi connectivity index (χ1n) is 6.75. The van der Waals surface area contributed by atoms with Gasteiger partial charge in [0, 0.05) is 19.3 Å². The van der Waals surface area contributed by atoms with Crippen molar-refractivity contribution < 1.29 is 9.90 Å². The van der Waals surface area contributed by atoms with Crippen LogP contribution in [0, 0.1) is 5.41 Å². The number of hydrogen-bond donors (Lipinski definition) is 2. The molecule has 1 aromatic rings. The molecule has 5 nitrogen and oxygen atoms in total. The highest BCUT2D eigenvalue weighted by atomic mass is 16.4. The molecule has 104 valence electrons. The van der Waals surface area contributed by atoms with Crippen LogP contribution in [0.25, 0.3) is 0 Å². The van der Waals surface area contributed by atoms with E-state index in [2.05, 4.69) is 23.7 Å². The third kappa shape index (κ3) is 2.50. The Labute approximate surface area is 113 Å². The molecule has 2 rings (SSSR count). The average Bonchev–Trinajstić information content (AvgIpc) is 2.83. The smallest absolute Gasteiger partial charge is 0.337 e. The number of hydrogen-bond acceptors (Lipinski definition) is 4. The van der Waals surface area contributed by atoms with Crippen molar-refractivity contribution in [1.29, 1.82) is 0 Å². The molecule has 1 fully saturated rings. The molecule has 1 saturated heterocycles. The molecule has 0 amide bonds. The largest absolute Gasteiger partial charge is 0.478 e. The number of nitrogen functional groups attached to an aromatic ring is 1. The van der Waals surface area contributed by atoms with Crippen LogP contribution in [0.3, 0.4) is 0 Å². The van der Waals surface area contributed by atoms with Gasteiger partial charge in [-0.25, -0.2) is 9.78 Å². The molecule has 3 N–H and O–H groups in total. The fourth-order valence-electron chi connectivity index (χ4n) is 2.80. The van der Waals surface area contributed by atoms with Crippen LogP contribution in [0.15, 0.2) is 12.3 Å². The topological polar surface area (TPSA) is 79.5 Å². The Morgan fingerprint density at radius 1 is 1.53 bits per heavy atom. The number of carbonyl (C=O) groups is 1. The summed E-state index contributed by atoms with van der Waals surface area (Å²) in [6, 6.07) is 1.49. The van der Waals surface area contributed by atoms with E-state index in [1.807, 2.05) is 0 Å². The fourth-order valence-corrected chi connectivity index (χ4v) is 2.80. The average molecular weight is 263 g/mol. The van der Waals surface area contributed by atoms with Crippen LogP contribution in [-0.2, 0) is 0 Å². The van der Waals surface area contributed by atoms with Gasteiger partial charge in [0.1, 0.15) is 0 Å². The van der Waals surface area contributed by atoms with Gasteiger partial charge in [-0.3, -0.25) is 0 Å². The third-order valence-electron chi connectivity index (χ3n) is 4.38. The first-order valence-corrected chi connectivity index (χ1v) is 6.75. The highest BCUT2D eigenvalue weighted by Gasteiger charge is 2.36. The van der Waals surface area contributed by atoms with Gasteiger partial charge >= 0.3 is 5.97 Å². The summed E-state index contributed by atoms with van der Waals surface area (Å²) in [6.07, 6.45) is 4.81. The molecule has 0 radical (unpaired) electrons. The quantitative estimate of drug-likeness (QED) is 0.871. The van der Waals surface area contributed by atoms with Crippen molar-refractivity contribution in [2.24, 2.45) is 5.41 Å². The van der Waals surface area contributed by atoms with Crippen molar-refractivity contribution in [1.82, 2.24) is 4.98 Å². The van der Waals surface area contributed by atoms with Gasteiger partial charge in [0.05, 0.1) is 11.3 Å². The fraction of sp³-hybridized carbons (Fsp3) is 0.571. The Morgan fingerprint density at radius 2 is 2.21 bits per heavy atom. The molecule has 0 atom stereocenters. The van der Waals surface area contributed by atoms with Gasteiger partial charge in [-0.05, 0) is 30.7 Å². The molecular formula is C14H21N3O2. The highest BCUT2D eigenvalue weighted by molar-refractivity contribution is 5.89. The number of aromatic carboxylic acids is 1. The van der Waals surface area contributed by atoms with Gasteiger partial charge in [-0.1, -0.05) is 13.8 Å². The maximum Gasteiger partial charge on any atom is 0.337 e. The van der Waals surface area contributed by atoms with Crippen LogP contribution in [0.1, 0.15) is 43.5 Å². The van der Waals surface area contributed by atoms with Crippen LogP contribution in [0.2, 0.25) is 0 Å². The van der Waals surface area contributed by atoms with Crippen LogP contribution in [-0.4, -0.2) is 29.1 Å². The zero-order valence-electron chi connectivity index (χ0n) is 11.5. The van der Waals surface area contributed by atoms with E-state index < -0.39 is 5.97 Å². The van der Waals surface area contributed by atoms with Gasteiger partial charge in [0.25, 0.3) is 0 Å². The zero-order valence-corrected chi connectivity index (χ0v) is 11.5. The monoisotopic (exact) mass is 263 g/mol. The molecule has 0 bridgehead atoms. The van der Waals surface area contributed by atoms with Crippen molar-refractivity contribution in [3.63, 3.8) is 0 Å². The Hall–Kier alpha value is -1.78. The van der Waals surface area contributed by atoms with Crippen LogP contribution in [0.5, 0.6) is 0 Å². The maximum atomic E-state index is 10.9. The first kappa shape index (κ1) is 13.6. The minimum atomic E-state index is -0.997. The molecule has 0 aliphatic carbocycles. The number of carboxylic acid groups (broad SMARTS) is 1. The van der Waals surface area contributed by atoms with E-state index in [4.69, 9.17) is 10.8 Å². The van der Waals surface area contributed by atoms with E-state index in [-0.39, 0.29) is 5.56 Å². The van der Waals surface area contributed by atoms with Crippen molar-refractivity contribution >= 4 is 17.5 Å². The Morgan fingerprint density at radius 3 is 2.68 bits per heavy atom. The normalized spacial score (nSPS) is 17.7. The third-order valence-corrected chi connectivity index (χ3v) is 4.38. The second-order valence-electron chi connectivity index (χ2n) is 5.32. The van der Waals surface area contributed by atoms with E-state index in [0.717, 1.165) is 32.4 Å². The van der Waals surface area contributed by atoms with Crippen molar-refractivity contribution in [2.45, 2.75) is 33.1 Å². The number of nitrogens with two attached hydrogens (primary N) is 1. The van der Waals surface area contributed by atoms with Gasteiger partial charge in [-0.15, -0.1) is 0 Å². The number of nitrogens with zero attached hydrogens (tertiary/aromatic N) is 2. The lowest BCUT2D eigenvalue weighted by molar-refractivity contribution is 0.0696. The predicted molar refractivity (Wildman–Crippen MR) is 75.5 cm³/mol. The molecule has 1 aliphatic rings. The van der Waals surface area contributed by atoms with Gasteiger partial charge in [0.2, 0.25) is 0 Å². The minimum Gasteiger partial charge on any atom is -0.478 e. The zero-order chi connectivity index (χ0) is 14.0. The van der Waals surface area contributed by atoms with E-state index in [1.54, 1.807) is 0 Å². The molecule has 1 aromatic heterocycles. The number of carboxylic acids is 1. The Kier molecular flexibility index (Phi) is 3.64. The summed E-state index contributed by atoms with van der Waals surface area (Å²) in [5, 5.41) is 8.92. The molecule has 19 heavy (non-hydrogen) atoms. The summed E-state index contributed by atoms with van der Waals surface area (Å²) in [4.78, 5) is 17.3. The van der Waals surface area contributed by atoms with Gasteiger partial charge in [0.15, 0.2) is 5.82 Å². The second kappa shape index (κ2) is 5.07. The number of anilines is 2. The molecule has 0 aromatic carbocycles. The van der Waals surface area contributed by atoms with Gasteiger partial charge in [-0.2, -0.15) is 0 Å². The molecule has 0 saturated carbocycles. The number of pyridine rings is 1. The summed E-state index contributed by atoms with van der Waals surface area (Å²) >= 11 is 0. The summed E-state index contributed by atoms with van der Waals surface area (Å²) in [5.41, 5.74) is 6.87. The van der Waals surface area contributed by atoms with E-state index in [1.165, 1.54) is 12.3 Å². The summed E-state index contributed by atoms with van der Waals surface area (Å²) in [5.74, 6) is -0.280. The van der Waals surface area contributed by atoms with Crippen molar-refractivity contribution in [3.8, 4) is 0 Å². The van der Waals surface area contributed by atoms with Crippen molar-refractivity contribution in [3.05, 3.63) is 17.8 Å². The Bertz CT molecular complexity index is 484. The van der Waals surface area contributed by atoms with Crippen molar-refractivity contribution in [2.75, 3.05) is 23.7 Å². The standard InChI is InChI=1S/C14H21N3O2/c1-3-14(4-2)5-6-17(9-14)12-11(15)7-10(8-16-12)13(18)19/h7-8H,3-6,9,15H2,1-2H3,(H,18,19). The molecular weight excluding hydrogens is 242 g/mol. The molecule has 2 heterocycles. The van der Waals surface area contributed by atoms with Crippen LogP contribution >= 0.6 is 0 Å². The minimum absolute atomic E-state index is 0.137. The summed E-state index contributed by atoms with van der Waals surface area (Å²) < 4.78 is 0. The van der Waals surface area contributed by atoms with E-state index >= 15 is 0 Å². The van der Waals surface area contributed by atoms with Gasteiger partial charge < -0.3 is 15.7 Å². The summed E-state index contributed by atoms with van der Waals surface area (Å²) in [7, 11) is 0. The van der Waals surface area contributed by atoms with Crippen LogP contribution < -0.4 is 10.6 Å². The second-order valence-corrected chi connectivity index (χ2v) is 5.32. The lowest BCUT2D eigenvalue weighted by Gasteiger charge is -2.27. The molecule has 1 aliphatic heterocycles. The number of rotatable bonds is 4. The molecule has 5 heteroatoms. The first-order chi connectivity index (χ1) is 9.01. The SMILES string of the molecule is CCC1(CC)CCN(c2ncc(C(=O)O)cc2N)C1. The number of aromatic nitrogens is 1. The highest BCUT2D eigenvalue weighted by Crippen LogP contribution is 2.39. The maximum absolute atomic E-state index is 10.9. The van der Waals surface area contributed by atoms with Crippen LogP contribution in [0.4, 0.5) is 11.5 Å². The molecule has 0 spiro atoms.